The van der Waals surface area contributed by atoms with E-state index in [-0.39, 0.29) is 17.4 Å². The summed E-state index contributed by atoms with van der Waals surface area (Å²) in [5, 5.41) is 11.9. The number of carbonyl (C=O) groups is 3. The number of aromatic nitrogens is 3. The number of amides is 3. The molecule has 2 aromatic heterocycles. The molecule has 4 heterocycles. The third kappa shape index (κ3) is 5.77. The van der Waals surface area contributed by atoms with Crippen LogP contribution in [0.5, 0.6) is 0 Å². The number of urea groups is 1. The lowest BCUT2D eigenvalue weighted by Crippen LogP contribution is -2.55. The lowest BCUT2D eigenvalue weighted by Gasteiger charge is -2.46. The fourth-order valence-corrected chi connectivity index (χ4v) is 4.56. The molecular formula is C23H29F3N6O4. The molecule has 10 nitrogen and oxygen atoms in total. The number of pyridine rings is 1. The summed E-state index contributed by atoms with van der Waals surface area (Å²) >= 11 is 0. The summed E-state index contributed by atoms with van der Waals surface area (Å²) in [6.07, 6.45) is 0.198. The number of hydrogen-bond donors (Lipinski definition) is 1. The summed E-state index contributed by atoms with van der Waals surface area (Å²) in [6, 6.07) is 3.77. The van der Waals surface area contributed by atoms with E-state index in [0.29, 0.717) is 31.9 Å². The Morgan fingerprint density at radius 2 is 1.75 bits per heavy atom. The first-order chi connectivity index (χ1) is 16.7. The van der Waals surface area contributed by atoms with Gasteiger partial charge in [0.25, 0.3) is 5.91 Å². The van der Waals surface area contributed by atoms with Gasteiger partial charge >= 0.3 is 18.2 Å². The molecule has 1 saturated heterocycles. The SMILES string of the molecule is Cc1ccnc(C(=O)N2Cc3cn(C)nc3C3(CCN(C(=O)N(C)C)CC3)C2)c1.O=C(O)C(F)(F)F. The van der Waals surface area contributed by atoms with Gasteiger partial charge in [0.05, 0.1) is 5.69 Å². The van der Waals surface area contributed by atoms with Crippen molar-refractivity contribution in [3.8, 4) is 0 Å². The Balaban J connectivity index is 0.000000454. The van der Waals surface area contributed by atoms with Gasteiger partial charge in [-0.1, -0.05) is 0 Å². The monoisotopic (exact) mass is 510 g/mol. The number of carboxylic acid groups (broad SMARTS) is 1. The largest absolute Gasteiger partial charge is 0.490 e. The molecule has 3 amide bonds. The number of nitrogens with zero attached hydrogens (tertiary/aromatic N) is 6. The van der Waals surface area contributed by atoms with Crippen LogP contribution in [-0.2, 0) is 23.8 Å². The first kappa shape index (κ1) is 27.0. The molecule has 2 aliphatic heterocycles. The molecule has 0 radical (unpaired) electrons. The minimum atomic E-state index is -5.08. The molecule has 0 bridgehead atoms. The number of carbonyl (C=O) groups excluding carboxylic acids is 2. The molecule has 13 heteroatoms. The van der Waals surface area contributed by atoms with Crippen LogP contribution in [0.2, 0.25) is 0 Å². The summed E-state index contributed by atoms with van der Waals surface area (Å²) in [4.78, 5) is 44.2. The summed E-state index contributed by atoms with van der Waals surface area (Å²) in [6.45, 7) is 4.44. The van der Waals surface area contributed by atoms with Crippen LogP contribution in [0.3, 0.4) is 0 Å². The molecular weight excluding hydrogens is 481 g/mol. The van der Waals surface area contributed by atoms with Gasteiger partial charge in [-0.05, 0) is 37.5 Å². The van der Waals surface area contributed by atoms with Crippen molar-refractivity contribution in [2.75, 3.05) is 33.7 Å². The second-order valence-electron chi connectivity index (χ2n) is 9.30. The van der Waals surface area contributed by atoms with Gasteiger partial charge < -0.3 is 19.8 Å². The third-order valence-electron chi connectivity index (χ3n) is 6.30. The number of piperidine rings is 1. The topological polar surface area (TPSA) is 112 Å². The number of halogens is 3. The predicted octanol–water partition coefficient (Wildman–Crippen LogP) is 2.43. The number of carboxylic acids is 1. The van der Waals surface area contributed by atoms with Gasteiger partial charge in [-0.3, -0.25) is 14.5 Å². The first-order valence-electron chi connectivity index (χ1n) is 11.2. The van der Waals surface area contributed by atoms with E-state index in [9.17, 15) is 22.8 Å². The fourth-order valence-electron chi connectivity index (χ4n) is 4.56. The van der Waals surface area contributed by atoms with E-state index in [1.165, 1.54) is 0 Å². The number of rotatable bonds is 1. The van der Waals surface area contributed by atoms with Crippen LogP contribution in [0.15, 0.2) is 24.5 Å². The Hall–Kier alpha value is -3.64. The molecule has 0 aliphatic carbocycles. The number of hydrogen-bond acceptors (Lipinski definition) is 5. The third-order valence-corrected chi connectivity index (χ3v) is 6.30. The maximum atomic E-state index is 13.2. The highest BCUT2D eigenvalue weighted by molar-refractivity contribution is 5.92. The predicted molar refractivity (Wildman–Crippen MR) is 122 cm³/mol. The Labute approximate surface area is 206 Å². The van der Waals surface area contributed by atoms with Crippen molar-refractivity contribution >= 4 is 17.9 Å². The van der Waals surface area contributed by atoms with Crippen molar-refractivity contribution in [2.45, 2.75) is 37.9 Å². The van der Waals surface area contributed by atoms with Gasteiger partial charge in [-0.2, -0.15) is 18.3 Å². The van der Waals surface area contributed by atoms with Crippen LogP contribution in [-0.4, -0.2) is 92.4 Å². The Morgan fingerprint density at radius 1 is 1.14 bits per heavy atom. The van der Waals surface area contributed by atoms with Crippen LogP contribution in [0.1, 0.15) is 40.2 Å². The van der Waals surface area contributed by atoms with Crippen molar-refractivity contribution < 1.29 is 32.7 Å². The zero-order valence-corrected chi connectivity index (χ0v) is 20.5. The quantitative estimate of drug-likeness (QED) is 0.631. The summed E-state index contributed by atoms with van der Waals surface area (Å²) in [5.41, 5.74) is 3.45. The summed E-state index contributed by atoms with van der Waals surface area (Å²) < 4.78 is 33.6. The van der Waals surface area contributed by atoms with Gasteiger partial charge in [0.15, 0.2) is 0 Å². The van der Waals surface area contributed by atoms with E-state index in [4.69, 9.17) is 15.0 Å². The lowest BCUT2D eigenvalue weighted by molar-refractivity contribution is -0.192. The molecule has 0 aromatic carbocycles. The minimum Gasteiger partial charge on any atom is -0.475 e. The smallest absolute Gasteiger partial charge is 0.475 e. The molecule has 1 N–H and O–H groups in total. The number of aryl methyl sites for hydroxylation is 2. The van der Waals surface area contributed by atoms with Crippen LogP contribution in [0, 0.1) is 6.92 Å². The molecule has 196 valence electrons. The highest BCUT2D eigenvalue weighted by Gasteiger charge is 2.46. The number of alkyl halides is 3. The van der Waals surface area contributed by atoms with E-state index in [1.807, 2.05) is 46.8 Å². The van der Waals surface area contributed by atoms with E-state index < -0.39 is 12.1 Å². The second-order valence-corrected chi connectivity index (χ2v) is 9.30. The maximum Gasteiger partial charge on any atom is 0.490 e. The second kappa shape index (κ2) is 10.2. The van der Waals surface area contributed by atoms with Crippen LogP contribution >= 0.6 is 0 Å². The fraction of sp³-hybridized carbons (Fsp3) is 0.522. The summed E-state index contributed by atoms with van der Waals surface area (Å²) in [7, 11) is 5.48. The van der Waals surface area contributed by atoms with Gasteiger partial charge in [0.2, 0.25) is 0 Å². The van der Waals surface area contributed by atoms with E-state index in [0.717, 1.165) is 29.7 Å². The first-order valence-corrected chi connectivity index (χ1v) is 11.2. The Morgan fingerprint density at radius 3 is 2.28 bits per heavy atom. The number of aliphatic carboxylic acids is 1. The van der Waals surface area contributed by atoms with Crippen LogP contribution in [0.4, 0.5) is 18.0 Å². The molecule has 2 aliphatic rings. The Kier molecular flexibility index (Phi) is 7.60. The van der Waals surface area contributed by atoms with Gasteiger partial charge in [-0.25, -0.2) is 9.59 Å². The molecule has 1 fully saturated rings. The van der Waals surface area contributed by atoms with Crippen molar-refractivity contribution in [3.63, 3.8) is 0 Å². The molecule has 4 rings (SSSR count). The number of fused-ring (bicyclic) bond motifs is 2. The maximum absolute atomic E-state index is 13.2. The molecule has 0 unspecified atom stereocenters. The lowest BCUT2D eigenvalue weighted by atomic mass is 9.72. The zero-order valence-electron chi connectivity index (χ0n) is 20.5. The molecule has 36 heavy (non-hydrogen) atoms. The van der Waals surface area contributed by atoms with Crippen molar-refractivity contribution in [1.82, 2.24) is 29.5 Å². The van der Waals surface area contributed by atoms with E-state index >= 15 is 0 Å². The molecule has 0 saturated carbocycles. The standard InChI is InChI=1S/C21H28N6O2.C2HF3O2/c1-15-5-8-22-17(11-15)19(28)27-13-16-12-25(4)23-18(16)21(14-27)6-9-26(10-7-21)20(29)24(2)3;3-2(4,5)1(6)7/h5,8,11-12H,6-7,9-10,13-14H2,1-4H3;(H,6,7). The van der Waals surface area contributed by atoms with E-state index in [2.05, 4.69) is 4.98 Å². The van der Waals surface area contributed by atoms with Gasteiger partial charge in [0, 0.05) is 70.7 Å². The molecule has 1 spiro atoms. The van der Waals surface area contributed by atoms with Gasteiger partial charge in [-0.15, -0.1) is 0 Å². The Bertz CT molecular complexity index is 1140. The highest BCUT2D eigenvalue weighted by atomic mass is 19.4. The molecule has 2 aromatic rings. The van der Waals surface area contributed by atoms with Gasteiger partial charge in [0.1, 0.15) is 5.69 Å². The highest BCUT2D eigenvalue weighted by Crippen LogP contribution is 2.41. The summed E-state index contributed by atoms with van der Waals surface area (Å²) in [5.74, 6) is -2.80. The van der Waals surface area contributed by atoms with E-state index in [1.54, 1.807) is 25.2 Å². The average molecular weight is 511 g/mol. The van der Waals surface area contributed by atoms with Crippen molar-refractivity contribution in [2.24, 2.45) is 7.05 Å². The zero-order chi connectivity index (χ0) is 26.8. The van der Waals surface area contributed by atoms with Crippen LogP contribution in [0.25, 0.3) is 0 Å². The molecule has 0 atom stereocenters. The van der Waals surface area contributed by atoms with Crippen LogP contribution < -0.4 is 0 Å². The van der Waals surface area contributed by atoms with Crippen molar-refractivity contribution in [3.05, 3.63) is 47.0 Å². The number of likely N-dealkylation sites (tertiary alicyclic amines) is 1. The minimum absolute atomic E-state index is 0.0359. The normalized spacial score (nSPS) is 16.6. The average Bonchev–Trinajstić information content (AvgIpc) is 3.19. The van der Waals surface area contributed by atoms with Crippen molar-refractivity contribution in [1.29, 1.82) is 0 Å².